The van der Waals surface area contributed by atoms with Crippen LogP contribution in [0.5, 0.6) is 0 Å². The first-order chi connectivity index (χ1) is 15.6. The van der Waals surface area contributed by atoms with Gasteiger partial charge in [0.2, 0.25) is 5.95 Å². The van der Waals surface area contributed by atoms with E-state index in [1.807, 2.05) is 29.8 Å². The normalized spacial score (nSPS) is 17.7. The molecule has 0 saturated heterocycles. The standard InChI is InChI=1S/C23H28N8O/c1-4-18-21-29-26-13-30(21)19-12-25-23(28-20(19)31(18)16-7-5-6-8-16)27-17-10-9-15(11-14(17)2)22(32)24-3/h9-13,16,18H,4-8H2,1-3H3,(H,24,32)(H,25,27,28)/t18-/m1/s1. The van der Waals surface area contributed by atoms with E-state index in [4.69, 9.17) is 4.98 Å². The lowest BCUT2D eigenvalue weighted by molar-refractivity contribution is 0.0963. The fourth-order valence-corrected chi connectivity index (χ4v) is 4.91. The van der Waals surface area contributed by atoms with Gasteiger partial charge in [-0.15, -0.1) is 10.2 Å². The average Bonchev–Trinajstić information content (AvgIpc) is 3.51. The van der Waals surface area contributed by atoms with Crippen molar-refractivity contribution in [3.05, 3.63) is 47.7 Å². The third kappa shape index (κ3) is 3.37. The molecule has 5 rings (SSSR count). The van der Waals surface area contributed by atoms with Gasteiger partial charge in [0.05, 0.1) is 12.2 Å². The molecule has 9 heteroatoms. The summed E-state index contributed by atoms with van der Waals surface area (Å²) in [6.45, 7) is 4.16. The number of aromatic nitrogens is 5. The van der Waals surface area contributed by atoms with Crippen LogP contribution in [0.15, 0.2) is 30.7 Å². The van der Waals surface area contributed by atoms with Crippen molar-refractivity contribution < 1.29 is 4.79 Å². The Hall–Kier alpha value is -3.49. The summed E-state index contributed by atoms with van der Waals surface area (Å²) in [5.41, 5.74) is 3.37. The molecule has 3 heterocycles. The Morgan fingerprint density at radius 3 is 2.78 bits per heavy atom. The van der Waals surface area contributed by atoms with Crippen LogP contribution in [0.2, 0.25) is 0 Å². The van der Waals surface area contributed by atoms with Gasteiger partial charge in [-0.3, -0.25) is 9.36 Å². The Morgan fingerprint density at radius 2 is 2.06 bits per heavy atom. The number of nitrogens with zero attached hydrogens (tertiary/aromatic N) is 6. The van der Waals surface area contributed by atoms with Gasteiger partial charge in [-0.2, -0.15) is 4.98 Å². The summed E-state index contributed by atoms with van der Waals surface area (Å²) in [5.74, 6) is 2.31. The van der Waals surface area contributed by atoms with Crippen LogP contribution >= 0.6 is 0 Å². The van der Waals surface area contributed by atoms with Crippen molar-refractivity contribution in [1.29, 1.82) is 0 Å². The van der Waals surface area contributed by atoms with E-state index in [-0.39, 0.29) is 11.9 Å². The minimum absolute atomic E-state index is 0.104. The van der Waals surface area contributed by atoms with Crippen LogP contribution in [-0.4, -0.2) is 43.7 Å². The van der Waals surface area contributed by atoms with Gasteiger partial charge >= 0.3 is 0 Å². The summed E-state index contributed by atoms with van der Waals surface area (Å²) in [5, 5.41) is 14.6. The van der Waals surface area contributed by atoms with E-state index in [0.717, 1.165) is 47.8 Å². The SMILES string of the molecule is CC[C@@H]1c2nncn2-c2cnc(Nc3ccc(C(=O)NC)cc3C)nc2N1C1CCCC1. The second-order valence-electron chi connectivity index (χ2n) is 8.47. The Labute approximate surface area is 187 Å². The highest BCUT2D eigenvalue weighted by atomic mass is 16.1. The van der Waals surface area contributed by atoms with Gasteiger partial charge in [-0.25, -0.2) is 4.98 Å². The van der Waals surface area contributed by atoms with Crippen molar-refractivity contribution in [2.75, 3.05) is 17.3 Å². The van der Waals surface area contributed by atoms with Crippen LogP contribution in [-0.2, 0) is 0 Å². The van der Waals surface area contributed by atoms with Gasteiger partial charge in [0, 0.05) is 24.3 Å². The van der Waals surface area contributed by atoms with E-state index in [0.29, 0.717) is 17.6 Å². The number of rotatable bonds is 5. The fraction of sp³-hybridized carbons (Fsp3) is 0.435. The largest absolute Gasteiger partial charge is 0.355 e. The van der Waals surface area contributed by atoms with Gasteiger partial charge in [0.25, 0.3) is 5.91 Å². The number of nitrogens with one attached hydrogen (secondary N) is 2. The predicted molar refractivity (Wildman–Crippen MR) is 123 cm³/mol. The minimum atomic E-state index is -0.104. The predicted octanol–water partition coefficient (Wildman–Crippen LogP) is 3.68. The zero-order valence-electron chi connectivity index (χ0n) is 18.7. The minimum Gasteiger partial charge on any atom is -0.355 e. The summed E-state index contributed by atoms with van der Waals surface area (Å²) in [7, 11) is 1.63. The van der Waals surface area contributed by atoms with Crippen LogP contribution in [0.4, 0.5) is 17.5 Å². The summed E-state index contributed by atoms with van der Waals surface area (Å²) in [4.78, 5) is 23.9. The lowest BCUT2D eigenvalue weighted by atomic mass is 10.0. The third-order valence-electron chi connectivity index (χ3n) is 6.53. The molecule has 2 N–H and O–H groups in total. The second-order valence-corrected chi connectivity index (χ2v) is 8.47. The first kappa shape index (κ1) is 20.4. The molecule has 32 heavy (non-hydrogen) atoms. The van der Waals surface area contributed by atoms with Crippen LogP contribution in [0.3, 0.4) is 0 Å². The Morgan fingerprint density at radius 1 is 1.25 bits per heavy atom. The number of hydrogen-bond acceptors (Lipinski definition) is 7. The van der Waals surface area contributed by atoms with Gasteiger partial charge in [-0.1, -0.05) is 19.8 Å². The molecule has 2 aromatic heterocycles. The molecule has 1 aliphatic heterocycles. The zero-order chi connectivity index (χ0) is 22.2. The van der Waals surface area contributed by atoms with Gasteiger partial charge in [0.1, 0.15) is 12.0 Å². The maximum absolute atomic E-state index is 11.9. The van der Waals surface area contributed by atoms with E-state index < -0.39 is 0 Å². The molecular weight excluding hydrogens is 404 g/mol. The third-order valence-corrected chi connectivity index (χ3v) is 6.53. The Bertz CT molecular complexity index is 1150. The molecule has 1 atom stereocenters. The number of anilines is 3. The monoisotopic (exact) mass is 432 g/mol. The van der Waals surface area contributed by atoms with Crippen molar-refractivity contribution >= 4 is 23.4 Å². The van der Waals surface area contributed by atoms with Crippen molar-refractivity contribution in [2.24, 2.45) is 0 Å². The lowest BCUT2D eigenvalue weighted by Gasteiger charge is -2.40. The molecule has 2 aliphatic rings. The van der Waals surface area contributed by atoms with E-state index in [1.54, 1.807) is 19.4 Å². The molecule has 166 valence electrons. The number of carbonyl (C=O) groups is 1. The molecule has 0 unspecified atom stereocenters. The van der Waals surface area contributed by atoms with Crippen LogP contribution in [0, 0.1) is 6.92 Å². The Kier molecular flexibility index (Phi) is 5.24. The summed E-state index contributed by atoms with van der Waals surface area (Å²) < 4.78 is 2.02. The Balaban J connectivity index is 1.53. The van der Waals surface area contributed by atoms with Gasteiger partial charge in [-0.05, 0) is 49.9 Å². The summed E-state index contributed by atoms with van der Waals surface area (Å²) >= 11 is 0. The smallest absolute Gasteiger partial charge is 0.251 e. The van der Waals surface area contributed by atoms with Crippen molar-refractivity contribution in [3.63, 3.8) is 0 Å². The molecule has 1 aromatic carbocycles. The highest BCUT2D eigenvalue weighted by Crippen LogP contribution is 2.42. The van der Waals surface area contributed by atoms with Gasteiger partial charge in [0.15, 0.2) is 11.6 Å². The molecule has 0 bridgehead atoms. The van der Waals surface area contributed by atoms with Crippen LogP contribution < -0.4 is 15.5 Å². The summed E-state index contributed by atoms with van der Waals surface area (Å²) in [6, 6.07) is 6.14. The number of amides is 1. The number of benzene rings is 1. The molecular formula is C23H28N8O. The van der Waals surface area contributed by atoms with Crippen molar-refractivity contribution in [2.45, 2.75) is 58.0 Å². The molecule has 3 aromatic rings. The number of aryl methyl sites for hydroxylation is 1. The number of fused-ring (bicyclic) bond motifs is 3. The molecule has 1 aliphatic carbocycles. The van der Waals surface area contributed by atoms with Crippen molar-refractivity contribution in [1.82, 2.24) is 30.0 Å². The maximum atomic E-state index is 11.9. The van der Waals surface area contributed by atoms with Crippen LogP contribution in [0.25, 0.3) is 5.69 Å². The first-order valence-corrected chi connectivity index (χ1v) is 11.3. The molecule has 0 radical (unpaired) electrons. The van der Waals surface area contributed by atoms with Crippen LogP contribution in [0.1, 0.15) is 66.8 Å². The maximum Gasteiger partial charge on any atom is 0.251 e. The van der Waals surface area contributed by atoms with Crippen molar-refractivity contribution in [3.8, 4) is 5.69 Å². The molecule has 1 amide bonds. The highest BCUT2D eigenvalue weighted by Gasteiger charge is 2.38. The first-order valence-electron chi connectivity index (χ1n) is 11.3. The van der Waals surface area contributed by atoms with Gasteiger partial charge < -0.3 is 15.5 Å². The number of carbonyl (C=O) groups excluding carboxylic acids is 1. The molecule has 9 nitrogen and oxygen atoms in total. The highest BCUT2D eigenvalue weighted by molar-refractivity contribution is 5.94. The quantitative estimate of drug-likeness (QED) is 0.634. The molecule has 1 saturated carbocycles. The van der Waals surface area contributed by atoms with E-state index >= 15 is 0 Å². The van der Waals surface area contributed by atoms with E-state index in [1.165, 1.54) is 12.8 Å². The summed E-state index contributed by atoms with van der Waals surface area (Å²) in [6.07, 6.45) is 9.34. The number of hydrogen-bond donors (Lipinski definition) is 2. The molecule has 0 spiro atoms. The second kappa shape index (κ2) is 8.22. The lowest BCUT2D eigenvalue weighted by Crippen LogP contribution is -2.42. The van der Waals surface area contributed by atoms with E-state index in [2.05, 4.69) is 37.6 Å². The fourth-order valence-electron chi connectivity index (χ4n) is 4.91. The topological polar surface area (TPSA) is 101 Å². The molecule has 1 fully saturated rings. The zero-order valence-corrected chi connectivity index (χ0v) is 18.7. The van der Waals surface area contributed by atoms with E-state index in [9.17, 15) is 4.79 Å². The average molecular weight is 433 g/mol.